The molecule has 0 nitrogen and oxygen atoms in total. The second-order valence-electron chi connectivity index (χ2n) is 6.50. The Kier molecular flexibility index (Phi) is 7.73. The molecule has 25 heavy (non-hydrogen) atoms. The predicted molar refractivity (Wildman–Crippen MR) is 94.6 cm³/mol. The Hall–Kier alpha value is -0.630. The van der Waals surface area contributed by atoms with Crippen LogP contribution in [0.2, 0.25) is 0 Å². The van der Waals surface area contributed by atoms with Gasteiger partial charge in [0.1, 0.15) is 0 Å². The van der Waals surface area contributed by atoms with Gasteiger partial charge in [-0.2, -0.15) is 0 Å². The van der Waals surface area contributed by atoms with Gasteiger partial charge in [-0.1, -0.05) is 0 Å². The van der Waals surface area contributed by atoms with E-state index in [1.165, 1.54) is 42.4 Å². The second kappa shape index (κ2) is 9.35. The third-order valence-electron chi connectivity index (χ3n) is 4.96. The van der Waals surface area contributed by atoms with Gasteiger partial charge in [0, 0.05) is 0 Å². The molecule has 0 saturated heterocycles. The fraction of sp³-hybridized carbons (Fsp3) is 0.273. The zero-order valence-corrected chi connectivity index (χ0v) is 19.6. The van der Waals surface area contributed by atoms with E-state index in [0.717, 1.165) is 6.42 Å². The standard InChI is InChI=1S/C13H9.C9H13.2ClH.Hf/c1-3-7-12-10(5-1)9-11-6-2-4-8-13(11)12;1-2-3-6-9-7-4-5-8-9;;;/h1-5,7-8H,9H2;4,7H,2-3,5-6H2,1H3;2*1H;/q;;;;+2/p-2. The summed E-state index contributed by atoms with van der Waals surface area (Å²) in [6.07, 6.45) is 11.1. The van der Waals surface area contributed by atoms with Crippen LogP contribution in [-0.4, -0.2) is 0 Å². The van der Waals surface area contributed by atoms with Gasteiger partial charge < -0.3 is 24.8 Å². The molecule has 0 atom stereocenters. The van der Waals surface area contributed by atoms with Crippen molar-refractivity contribution >= 4 is 3.32 Å². The average Bonchev–Trinajstić information content (AvgIpc) is 3.18. The first-order chi connectivity index (χ1) is 11.4. The molecule has 0 saturated carbocycles. The molecule has 2 aromatic carbocycles. The number of halogens is 2. The number of allylic oxidation sites excluding steroid dienone is 4. The molecule has 2 aliphatic carbocycles. The van der Waals surface area contributed by atoms with Crippen LogP contribution in [0.3, 0.4) is 0 Å². The molecular formula is C22H22Cl2Hf. The largest absolute Gasteiger partial charge is 1.00 e. The van der Waals surface area contributed by atoms with E-state index in [2.05, 4.69) is 61.5 Å². The molecule has 3 heteroatoms. The van der Waals surface area contributed by atoms with Crippen molar-refractivity contribution in [3.8, 4) is 11.1 Å². The first kappa shape index (κ1) is 20.7. The minimum atomic E-state index is -0.913. The molecule has 0 bridgehead atoms. The van der Waals surface area contributed by atoms with Gasteiger partial charge >= 0.3 is 151 Å². The van der Waals surface area contributed by atoms with Crippen LogP contribution < -0.4 is 28.1 Å². The Morgan fingerprint density at radius 3 is 2.60 bits per heavy atom. The minimum Gasteiger partial charge on any atom is -1.00 e. The molecule has 128 valence electrons. The SMILES string of the molecule is CCCCC1=[C]([Hf+2][c]2cccc3c2Cc2ccccc2-3)CC=C1.[Cl-].[Cl-]. The van der Waals surface area contributed by atoms with Gasteiger partial charge in [0.2, 0.25) is 0 Å². The molecule has 0 radical (unpaired) electrons. The Bertz CT molecular complexity index is 805. The summed E-state index contributed by atoms with van der Waals surface area (Å²) in [4.78, 5) is 0. The normalized spacial score (nSPS) is 13.6. The molecule has 0 aliphatic heterocycles. The smallest absolute Gasteiger partial charge is 1.00 e. The van der Waals surface area contributed by atoms with Gasteiger partial charge in [0.15, 0.2) is 0 Å². The van der Waals surface area contributed by atoms with Gasteiger partial charge in [-0.25, -0.2) is 0 Å². The Labute approximate surface area is 175 Å². The number of fused-ring (bicyclic) bond motifs is 3. The number of unbranched alkanes of at least 4 members (excludes halogenated alkanes) is 1. The summed E-state index contributed by atoms with van der Waals surface area (Å²) < 4.78 is 3.56. The molecular weight excluding hydrogens is 514 g/mol. The summed E-state index contributed by atoms with van der Waals surface area (Å²) >= 11 is -0.913. The Balaban J connectivity index is 0.00000113. The minimum absolute atomic E-state index is 0. The molecule has 0 heterocycles. The third kappa shape index (κ3) is 4.21. The quantitative estimate of drug-likeness (QED) is 0.382. The summed E-state index contributed by atoms with van der Waals surface area (Å²) in [6, 6.07) is 16.0. The van der Waals surface area contributed by atoms with E-state index >= 15 is 0 Å². The first-order valence-corrected chi connectivity index (χ1v) is 12.3. The number of benzene rings is 2. The van der Waals surface area contributed by atoms with Gasteiger partial charge in [-0.05, 0) is 0 Å². The van der Waals surface area contributed by atoms with Crippen LogP contribution in [0.15, 0.2) is 63.5 Å². The Morgan fingerprint density at radius 1 is 0.960 bits per heavy atom. The topological polar surface area (TPSA) is 0 Å². The third-order valence-corrected chi connectivity index (χ3v) is 10.6. The van der Waals surface area contributed by atoms with Crippen LogP contribution in [-0.2, 0) is 29.3 Å². The maximum absolute atomic E-state index is 2.43. The summed E-state index contributed by atoms with van der Waals surface area (Å²) in [5, 5.41) is 0. The molecule has 0 N–H and O–H groups in total. The van der Waals surface area contributed by atoms with Gasteiger partial charge in [-0.3, -0.25) is 0 Å². The van der Waals surface area contributed by atoms with Crippen molar-refractivity contribution in [2.45, 2.75) is 39.0 Å². The zero-order chi connectivity index (χ0) is 15.6. The number of hydrogen-bond acceptors (Lipinski definition) is 0. The maximum Gasteiger partial charge on any atom is -1.00 e. The molecule has 0 fully saturated rings. The second-order valence-corrected chi connectivity index (χ2v) is 11.5. The van der Waals surface area contributed by atoms with Crippen molar-refractivity contribution in [2.24, 2.45) is 0 Å². The van der Waals surface area contributed by atoms with Crippen LogP contribution in [0.1, 0.15) is 43.7 Å². The zero-order valence-electron chi connectivity index (χ0n) is 14.5. The molecule has 4 rings (SSSR count). The van der Waals surface area contributed by atoms with E-state index in [0.29, 0.717) is 0 Å². The van der Waals surface area contributed by atoms with E-state index in [4.69, 9.17) is 0 Å². The maximum atomic E-state index is 2.43. The van der Waals surface area contributed by atoms with Gasteiger partial charge in [0.05, 0.1) is 0 Å². The van der Waals surface area contributed by atoms with Crippen molar-refractivity contribution in [1.29, 1.82) is 0 Å². The van der Waals surface area contributed by atoms with E-state index in [1.54, 1.807) is 14.5 Å². The van der Waals surface area contributed by atoms with Crippen molar-refractivity contribution < 1.29 is 47.7 Å². The average molecular weight is 536 g/mol. The summed E-state index contributed by atoms with van der Waals surface area (Å²) in [6.45, 7) is 2.29. The van der Waals surface area contributed by atoms with Crippen LogP contribution >= 0.6 is 0 Å². The van der Waals surface area contributed by atoms with E-state index < -0.39 is 22.9 Å². The fourth-order valence-corrected chi connectivity index (χ4v) is 8.99. The summed E-state index contributed by atoms with van der Waals surface area (Å²) in [5.41, 5.74) is 7.82. The number of hydrogen-bond donors (Lipinski definition) is 0. The van der Waals surface area contributed by atoms with Crippen LogP contribution in [0.25, 0.3) is 11.1 Å². The van der Waals surface area contributed by atoms with Crippen molar-refractivity contribution in [3.05, 3.63) is 74.6 Å². The van der Waals surface area contributed by atoms with Crippen LogP contribution in [0.5, 0.6) is 0 Å². The molecule has 2 aliphatic rings. The Morgan fingerprint density at radius 2 is 1.76 bits per heavy atom. The van der Waals surface area contributed by atoms with E-state index in [1.807, 2.05) is 3.33 Å². The van der Waals surface area contributed by atoms with Gasteiger partial charge in [-0.15, -0.1) is 0 Å². The molecule has 0 aromatic heterocycles. The summed E-state index contributed by atoms with van der Waals surface area (Å²) in [7, 11) is 0. The molecule has 0 unspecified atom stereocenters. The van der Waals surface area contributed by atoms with Crippen molar-refractivity contribution in [1.82, 2.24) is 0 Å². The van der Waals surface area contributed by atoms with E-state index in [9.17, 15) is 0 Å². The predicted octanol–water partition coefficient (Wildman–Crippen LogP) is -0.622. The van der Waals surface area contributed by atoms with Gasteiger partial charge in [0.25, 0.3) is 0 Å². The summed E-state index contributed by atoms with van der Waals surface area (Å²) in [5.74, 6) is 0. The van der Waals surface area contributed by atoms with Crippen molar-refractivity contribution in [2.75, 3.05) is 0 Å². The number of rotatable bonds is 5. The molecule has 0 amide bonds. The first-order valence-electron chi connectivity index (χ1n) is 8.72. The molecule has 0 spiro atoms. The fourth-order valence-electron chi connectivity index (χ4n) is 3.72. The van der Waals surface area contributed by atoms with Crippen molar-refractivity contribution in [3.63, 3.8) is 0 Å². The van der Waals surface area contributed by atoms with Crippen LogP contribution in [0.4, 0.5) is 0 Å². The van der Waals surface area contributed by atoms with Crippen LogP contribution in [0, 0.1) is 0 Å². The van der Waals surface area contributed by atoms with E-state index in [-0.39, 0.29) is 24.8 Å². The monoisotopic (exact) mass is 536 g/mol. The molecule has 2 aromatic rings.